The summed E-state index contributed by atoms with van der Waals surface area (Å²) in [5.74, 6) is 0.198. The number of urea groups is 1. The van der Waals surface area contributed by atoms with Gasteiger partial charge in [-0.3, -0.25) is 24.6 Å². The van der Waals surface area contributed by atoms with Crippen molar-refractivity contribution in [1.29, 1.82) is 0 Å². The van der Waals surface area contributed by atoms with Crippen LogP contribution >= 0.6 is 0 Å². The molecule has 0 bridgehead atoms. The number of carbonyl (C=O) groups is 1. The predicted octanol–water partition coefficient (Wildman–Crippen LogP) is -0.307. The van der Waals surface area contributed by atoms with Crippen LogP contribution in [-0.4, -0.2) is 20.6 Å². The molecule has 2 aromatic heterocycles. The Bertz CT molecular complexity index is 793. The Balaban J connectivity index is 2.28. The van der Waals surface area contributed by atoms with E-state index >= 15 is 0 Å². The van der Waals surface area contributed by atoms with E-state index in [0.29, 0.717) is 5.56 Å². The summed E-state index contributed by atoms with van der Waals surface area (Å²) in [5.41, 5.74) is -0.111. The van der Waals surface area contributed by atoms with Crippen molar-refractivity contribution in [3.63, 3.8) is 0 Å². The number of rotatable bonds is 1. The zero-order valence-corrected chi connectivity index (χ0v) is 10.5. The van der Waals surface area contributed by atoms with E-state index in [1.807, 2.05) is 0 Å². The molecule has 1 aliphatic rings. The van der Waals surface area contributed by atoms with Gasteiger partial charge in [0.05, 0.1) is 11.6 Å². The van der Waals surface area contributed by atoms with Crippen molar-refractivity contribution in [2.45, 2.75) is 6.04 Å². The second kappa shape index (κ2) is 4.34. The molecule has 0 radical (unpaired) electrons. The third-order valence-electron chi connectivity index (χ3n) is 3.20. The Morgan fingerprint density at radius 3 is 2.60 bits per heavy atom. The highest BCUT2D eigenvalue weighted by molar-refractivity contribution is 5.92. The average Bonchev–Trinajstić information content (AvgIpc) is 2.45. The Kier molecular flexibility index (Phi) is 2.63. The first-order valence-electron chi connectivity index (χ1n) is 5.88. The molecule has 1 atom stereocenters. The molecule has 0 fully saturated rings. The number of aromatic nitrogens is 3. The van der Waals surface area contributed by atoms with E-state index in [1.165, 1.54) is 11.6 Å². The summed E-state index contributed by atoms with van der Waals surface area (Å²) in [6.45, 7) is 0. The average molecular weight is 273 g/mol. The Hall–Kier alpha value is -2.90. The summed E-state index contributed by atoms with van der Waals surface area (Å²) in [6, 6.07) is 2.30. The lowest BCUT2D eigenvalue weighted by Gasteiger charge is -2.27. The molecular formula is C12H11N5O3. The first-order chi connectivity index (χ1) is 9.58. The zero-order chi connectivity index (χ0) is 14.3. The fourth-order valence-corrected chi connectivity index (χ4v) is 2.21. The second-order valence-electron chi connectivity index (χ2n) is 4.39. The van der Waals surface area contributed by atoms with E-state index in [-0.39, 0.29) is 11.4 Å². The molecule has 0 spiro atoms. The van der Waals surface area contributed by atoms with Crippen LogP contribution < -0.4 is 21.9 Å². The zero-order valence-electron chi connectivity index (χ0n) is 10.5. The molecule has 0 aliphatic carbocycles. The lowest BCUT2D eigenvalue weighted by atomic mass is 10.00. The molecule has 3 N–H and O–H groups in total. The fraction of sp³-hybridized carbons (Fsp3) is 0.167. The van der Waals surface area contributed by atoms with Crippen molar-refractivity contribution in [3.05, 3.63) is 56.5 Å². The van der Waals surface area contributed by atoms with Crippen LogP contribution in [0.5, 0.6) is 0 Å². The number of H-pyrrole nitrogens is 1. The van der Waals surface area contributed by atoms with Gasteiger partial charge in [-0.2, -0.15) is 0 Å². The number of hydrogen-bond donors (Lipinski definition) is 3. The highest BCUT2D eigenvalue weighted by Gasteiger charge is 2.30. The number of nitrogens with one attached hydrogen (secondary N) is 3. The molecule has 0 aromatic carbocycles. The SMILES string of the molecule is Cn1c2c(c(=O)[nH]c1=O)C(c1ccncc1)NC(=O)N2. The highest BCUT2D eigenvalue weighted by atomic mass is 16.2. The Labute approximate surface area is 112 Å². The van der Waals surface area contributed by atoms with Crippen LogP contribution in [0.2, 0.25) is 0 Å². The number of nitrogens with zero attached hydrogens (tertiary/aromatic N) is 2. The molecule has 3 heterocycles. The minimum absolute atomic E-state index is 0.198. The molecule has 2 aromatic rings. The van der Waals surface area contributed by atoms with Crippen LogP contribution in [0.3, 0.4) is 0 Å². The lowest BCUT2D eigenvalue weighted by Crippen LogP contribution is -2.46. The molecule has 102 valence electrons. The number of hydrogen-bond acceptors (Lipinski definition) is 4. The molecule has 3 rings (SSSR count). The quantitative estimate of drug-likeness (QED) is 0.662. The van der Waals surface area contributed by atoms with Crippen molar-refractivity contribution in [2.24, 2.45) is 7.05 Å². The van der Waals surface area contributed by atoms with Gasteiger partial charge in [0.1, 0.15) is 5.82 Å². The van der Waals surface area contributed by atoms with Gasteiger partial charge in [-0.25, -0.2) is 9.59 Å². The number of aromatic amines is 1. The topological polar surface area (TPSA) is 109 Å². The first-order valence-corrected chi connectivity index (χ1v) is 5.88. The largest absolute Gasteiger partial charge is 0.329 e. The van der Waals surface area contributed by atoms with Crippen LogP contribution in [-0.2, 0) is 7.05 Å². The van der Waals surface area contributed by atoms with Crippen LogP contribution in [0.4, 0.5) is 10.6 Å². The standard InChI is InChI=1S/C12H11N5O3/c1-17-9-7(10(18)16-12(17)20)8(14-11(19)15-9)6-2-4-13-5-3-6/h2-5,8H,1H3,(H2,14,15,19)(H,16,18,20). The van der Waals surface area contributed by atoms with E-state index in [0.717, 1.165) is 0 Å². The smallest absolute Gasteiger partial charge is 0.327 e. The molecular weight excluding hydrogens is 262 g/mol. The highest BCUT2D eigenvalue weighted by Crippen LogP contribution is 2.27. The fourth-order valence-electron chi connectivity index (χ4n) is 2.21. The number of fused-ring (bicyclic) bond motifs is 1. The van der Waals surface area contributed by atoms with Gasteiger partial charge in [-0.05, 0) is 17.7 Å². The number of carbonyl (C=O) groups excluding carboxylic acids is 1. The van der Waals surface area contributed by atoms with Crippen LogP contribution in [0.25, 0.3) is 0 Å². The van der Waals surface area contributed by atoms with Gasteiger partial charge in [0.2, 0.25) is 0 Å². The van der Waals surface area contributed by atoms with Crippen molar-refractivity contribution >= 4 is 11.8 Å². The summed E-state index contributed by atoms with van der Waals surface area (Å²) in [7, 11) is 1.48. The van der Waals surface area contributed by atoms with Crippen molar-refractivity contribution in [1.82, 2.24) is 19.9 Å². The van der Waals surface area contributed by atoms with Gasteiger partial charge in [-0.1, -0.05) is 0 Å². The third kappa shape index (κ3) is 1.78. The van der Waals surface area contributed by atoms with Gasteiger partial charge in [0.25, 0.3) is 5.56 Å². The molecule has 0 saturated heterocycles. The minimum Gasteiger partial charge on any atom is -0.327 e. The van der Waals surface area contributed by atoms with Crippen molar-refractivity contribution < 1.29 is 4.79 Å². The number of anilines is 1. The maximum Gasteiger partial charge on any atom is 0.329 e. The van der Waals surface area contributed by atoms with Gasteiger partial charge in [-0.15, -0.1) is 0 Å². The van der Waals surface area contributed by atoms with Crippen LogP contribution in [0.1, 0.15) is 17.2 Å². The summed E-state index contributed by atoms with van der Waals surface area (Å²) < 4.78 is 1.20. The van der Waals surface area contributed by atoms with E-state index in [9.17, 15) is 14.4 Å². The van der Waals surface area contributed by atoms with E-state index < -0.39 is 23.3 Å². The maximum atomic E-state index is 12.1. The van der Waals surface area contributed by atoms with E-state index in [4.69, 9.17) is 0 Å². The molecule has 2 amide bonds. The Morgan fingerprint density at radius 1 is 1.20 bits per heavy atom. The summed E-state index contributed by atoms with van der Waals surface area (Å²) in [6.07, 6.45) is 3.14. The third-order valence-corrected chi connectivity index (χ3v) is 3.20. The van der Waals surface area contributed by atoms with Crippen molar-refractivity contribution in [3.8, 4) is 0 Å². The maximum absolute atomic E-state index is 12.1. The normalized spacial score (nSPS) is 17.1. The summed E-state index contributed by atoms with van der Waals surface area (Å²) >= 11 is 0. The molecule has 1 aliphatic heterocycles. The molecule has 0 saturated carbocycles. The minimum atomic E-state index is -0.628. The summed E-state index contributed by atoms with van der Waals surface area (Å²) in [4.78, 5) is 41.5. The molecule has 1 unspecified atom stereocenters. The second-order valence-corrected chi connectivity index (χ2v) is 4.39. The van der Waals surface area contributed by atoms with Gasteiger partial charge in [0.15, 0.2) is 0 Å². The predicted molar refractivity (Wildman–Crippen MR) is 70.5 cm³/mol. The van der Waals surface area contributed by atoms with Gasteiger partial charge >= 0.3 is 11.7 Å². The van der Waals surface area contributed by atoms with Crippen LogP contribution in [0.15, 0.2) is 34.1 Å². The van der Waals surface area contributed by atoms with Crippen molar-refractivity contribution in [2.75, 3.05) is 5.32 Å². The molecule has 8 nitrogen and oxygen atoms in total. The summed E-state index contributed by atoms with van der Waals surface area (Å²) in [5, 5.41) is 5.15. The van der Waals surface area contributed by atoms with Crippen LogP contribution in [0, 0.1) is 0 Å². The van der Waals surface area contributed by atoms with Gasteiger partial charge in [0, 0.05) is 19.4 Å². The Morgan fingerprint density at radius 2 is 1.90 bits per heavy atom. The van der Waals surface area contributed by atoms with E-state index in [1.54, 1.807) is 24.5 Å². The molecule has 8 heteroatoms. The first kappa shape index (κ1) is 12.2. The number of pyridine rings is 1. The monoisotopic (exact) mass is 273 g/mol. The van der Waals surface area contributed by atoms with E-state index in [2.05, 4.69) is 20.6 Å². The van der Waals surface area contributed by atoms with Gasteiger partial charge < -0.3 is 5.32 Å². The lowest BCUT2D eigenvalue weighted by molar-refractivity contribution is 0.248. The number of amides is 2. The molecule has 20 heavy (non-hydrogen) atoms.